The van der Waals surface area contributed by atoms with Crippen molar-refractivity contribution in [3.05, 3.63) is 54.0 Å². The maximum Gasteiger partial charge on any atom is 0.405 e. The van der Waals surface area contributed by atoms with Crippen molar-refractivity contribution < 1.29 is 22.4 Å². The number of aryl methyl sites for hydroxylation is 1. The molecule has 7 heteroatoms. The van der Waals surface area contributed by atoms with Crippen LogP contribution in [0.5, 0.6) is 0 Å². The molecule has 0 fully saturated rings. The Kier molecular flexibility index (Phi) is 5.31. The molecule has 0 aliphatic rings. The minimum atomic E-state index is -4.42. The highest BCUT2D eigenvalue weighted by Crippen LogP contribution is 2.20. The Balaban J connectivity index is 1.91. The van der Waals surface area contributed by atoms with E-state index in [1.807, 2.05) is 0 Å². The van der Waals surface area contributed by atoms with Crippen LogP contribution in [-0.4, -0.2) is 23.6 Å². The van der Waals surface area contributed by atoms with Gasteiger partial charge in [-0.15, -0.1) is 0 Å². The molecule has 1 aromatic carbocycles. The Hall–Kier alpha value is -2.44. The number of pyridine rings is 1. The molecule has 122 valence electrons. The fraction of sp³-hybridized carbons (Fsp3) is 0.250. The van der Waals surface area contributed by atoms with Gasteiger partial charge < -0.3 is 5.32 Å². The van der Waals surface area contributed by atoms with Crippen LogP contribution in [0.2, 0.25) is 0 Å². The van der Waals surface area contributed by atoms with Gasteiger partial charge in [-0.3, -0.25) is 9.78 Å². The van der Waals surface area contributed by atoms with Gasteiger partial charge in [-0.2, -0.15) is 13.2 Å². The van der Waals surface area contributed by atoms with Crippen molar-refractivity contribution in [2.45, 2.75) is 19.0 Å². The van der Waals surface area contributed by atoms with E-state index in [0.29, 0.717) is 16.8 Å². The normalized spacial score (nSPS) is 11.3. The molecule has 0 atom stereocenters. The molecular weight excluding hydrogens is 312 g/mol. The summed E-state index contributed by atoms with van der Waals surface area (Å²) in [7, 11) is 0. The summed E-state index contributed by atoms with van der Waals surface area (Å²) in [5.74, 6) is -1.07. The number of halogens is 4. The highest BCUT2D eigenvalue weighted by Gasteiger charge is 2.27. The Morgan fingerprint density at radius 2 is 1.87 bits per heavy atom. The number of rotatable bonds is 5. The van der Waals surface area contributed by atoms with E-state index < -0.39 is 18.6 Å². The summed E-state index contributed by atoms with van der Waals surface area (Å²) in [6.07, 6.45) is -2.75. The van der Waals surface area contributed by atoms with Gasteiger partial charge in [0.1, 0.15) is 12.4 Å². The number of nitrogens with one attached hydrogen (secondary N) is 1. The lowest BCUT2D eigenvalue weighted by atomic mass is 10.1. The Morgan fingerprint density at radius 3 is 2.48 bits per heavy atom. The summed E-state index contributed by atoms with van der Waals surface area (Å²) in [5.41, 5.74) is 1.50. The number of amides is 1. The number of carbonyl (C=O) groups is 1. The van der Waals surface area contributed by atoms with Crippen LogP contribution in [0.1, 0.15) is 12.0 Å². The predicted molar refractivity (Wildman–Crippen MR) is 77.0 cm³/mol. The van der Waals surface area contributed by atoms with Gasteiger partial charge in [0, 0.05) is 18.2 Å². The van der Waals surface area contributed by atoms with E-state index >= 15 is 0 Å². The second kappa shape index (κ2) is 7.21. The molecule has 3 nitrogen and oxygen atoms in total. The lowest BCUT2D eigenvalue weighted by Gasteiger charge is -2.08. The summed E-state index contributed by atoms with van der Waals surface area (Å²) in [4.78, 5) is 15.4. The Labute approximate surface area is 130 Å². The molecule has 0 aliphatic heterocycles. The molecule has 1 amide bonds. The van der Waals surface area contributed by atoms with Crippen LogP contribution < -0.4 is 5.32 Å². The van der Waals surface area contributed by atoms with Gasteiger partial charge in [0.15, 0.2) is 0 Å². The summed E-state index contributed by atoms with van der Waals surface area (Å²) < 4.78 is 49.5. The molecule has 23 heavy (non-hydrogen) atoms. The SMILES string of the molecule is O=C(CCc1ccc(-c2ccccc2F)nc1)NCC(F)(F)F. The number of aromatic nitrogens is 1. The van der Waals surface area contributed by atoms with Crippen molar-refractivity contribution in [3.63, 3.8) is 0 Å². The molecule has 0 saturated heterocycles. The number of hydrogen-bond acceptors (Lipinski definition) is 2. The van der Waals surface area contributed by atoms with E-state index in [1.165, 1.54) is 12.3 Å². The molecule has 1 N–H and O–H groups in total. The third-order valence-corrected chi connectivity index (χ3v) is 3.10. The number of nitrogens with zero attached hydrogens (tertiary/aromatic N) is 1. The molecule has 0 spiro atoms. The zero-order chi connectivity index (χ0) is 16.9. The van der Waals surface area contributed by atoms with Gasteiger partial charge in [0.2, 0.25) is 5.91 Å². The number of benzene rings is 1. The van der Waals surface area contributed by atoms with Crippen LogP contribution in [0, 0.1) is 5.82 Å². The second-order valence-corrected chi connectivity index (χ2v) is 4.92. The first-order valence-corrected chi connectivity index (χ1v) is 6.88. The van der Waals surface area contributed by atoms with Gasteiger partial charge in [0.05, 0.1) is 5.69 Å². The van der Waals surface area contributed by atoms with E-state index in [4.69, 9.17) is 0 Å². The quantitative estimate of drug-likeness (QED) is 0.855. The predicted octanol–water partition coefficient (Wildman–Crippen LogP) is 3.50. The minimum Gasteiger partial charge on any atom is -0.347 e. The first kappa shape index (κ1) is 16.9. The minimum absolute atomic E-state index is 0.0726. The summed E-state index contributed by atoms with van der Waals surface area (Å²) in [6.45, 7) is -1.34. The largest absolute Gasteiger partial charge is 0.405 e. The zero-order valence-corrected chi connectivity index (χ0v) is 12.0. The fourth-order valence-electron chi connectivity index (χ4n) is 1.95. The van der Waals surface area contributed by atoms with Crippen molar-refractivity contribution in [1.82, 2.24) is 10.3 Å². The summed E-state index contributed by atoms with van der Waals surface area (Å²) >= 11 is 0. The van der Waals surface area contributed by atoms with Crippen molar-refractivity contribution in [2.75, 3.05) is 6.54 Å². The molecule has 1 aromatic heterocycles. The molecule has 0 bridgehead atoms. The van der Waals surface area contributed by atoms with E-state index in [1.54, 1.807) is 35.6 Å². The van der Waals surface area contributed by atoms with E-state index in [-0.39, 0.29) is 18.7 Å². The van der Waals surface area contributed by atoms with Crippen LogP contribution in [0.25, 0.3) is 11.3 Å². The monoisotopic (exact) mass is 326 g/mol. The molecular formula is C16H14F4N2O. The first-order chi connectivity index (χ1) is 10.8. The zero-order valence-electron chi connectivity index (χ0n) is 12.0. The first-order valence-electron chi connectivity index (χ1n) is 6.88. The van der Waals surface area contributed by atoms with Gasteiger partial charge in [-0.05, 0) is 30.2 Å². The number of alkyl halides is 3. The lowest BCUT2D eigenvalue weighted by molar-refractivity contribution is -0.138. The Bertz CT molecular complexity index is 669. The van der Waals surface area contributed by atoms with Crippen LogP contribution in [0.3, 0.4) is 0 Å². The molecule has 0 saturated carbocycles. The van der Waals surface area contributed by atoms with Gasteiger partial charge in [-0.25, -0.2) is 4.39 Å². The highest BCUT2D eigenvalue weighted by molar-refractivity contribution is 5.76. The van der Waals surface area contributed by atoms with Crippen LogP contribution in [-0.2, 0) is 11.2 Å². The molecule has 2 rings (SSSR count). The summed E-state index contributed by atoms with van der Waals surface area (Å²) in [5, 5.41) is 1.80. The van der Waals surface area contributed by atoms with Crippen LogP contribution in [0.15, 0.2) is 42.6 Å². The smallest absolute Gasteiger partial charge is 0.347 e. The average molecular weight is 326 g/mol. The maximum absolute atomic E-state index is 13.6. The van der Waals surface area contributed by atoms with Crippen molar-refractivity contribution in [2.24, 2.45) is 0 Å². The highest BCUT2D eigenvalue weighted by atomic mass is 19.4. The lowest BCUT2D eigenvalue weighted by Crippen LogP contribution is -2.33. The average Bonchev–Trinajstić information content (AvgIpc) is 2.51. The van der Waals surface area contributed by atoms with Crippen molar-refractivity contribution in [3.8, 4) is 11.3 Å². The maximum atomic E-state index is 13.6. The van der Waals surface area contributed by atoms with E-state index in [0.717, 1.165) is 0 Å². The number of carbonyl (C=O) groups excluding carboxylic acids is 1. The summed E-state index contributed by atoms with van der Waals surface area (Å²) in [6, 6.07) is 9.48. The fourth-order valence-corrected chi connectivity index (χ4v) is 1.95. The Morgan fingerprint density at radius 1 is 1.13 bits per heavy atom. The van der Waals surface area contributed by atoms with Gasteiger partial charge in [0.25, 0.3) is 0 Å². The topological polar surface area (TPSA) is 42.0 Å². The van der Waals surface area contributed by atoms with Gasteiger partial charge >= 0.3 is 6.18 Å². The van der Waals surface area contributed by atoms with E-state index in [9.17, 15) is 22.4 Å². The van der Waals surface area contributed by atoms with Gasteiger partial charge in [-0.1, -0.05) is 18.2 Å². The van der Waals surface area contributed by atoms with Crippen molar-refractivity contribution >= 4 is 5.91 Å². The molecule has 0 unspecified atom stereocenters. The van der Waals surface area contributed by atoms with Crippen LogP contribution in [0.4, 0.5) is 17.6 Å². The van der Waals surface area contributed by atoms with Crippen LogP contribution >= 0.6 is 0 Å². The molecule has 2 aromatic rings. The third-order valence-electron chi connectivity index (χ3n) is 3.10. The van der Waals surface area contributed by atoms with Crippen molar-refractivity contribution in [1.29, 1.82) is 0 Å². The van der Waals surface area contributed by atoms with E-state index in [2.05, 4.69) is 4.98 Å². The standard InChI is InChI=1S/C16H14F4N2O/c17-13-4-2-1-3-12(13)14-7-5-11(9-21-14)6-8-15(23)22-10-16(18,19)20/h1-5,7,9H,6,8,10H2,(H,22,23). The number of hydrogen-bond donors (Lipinski definition) is 1. The molecule has 0 radical (unpaired) electrons. The molecule has 1 heterocycles. The third kappa shape index (κ3) is 5.36. The second-order valence-electron chi connectivity index (χ2n) is 4.92. The molecule has 0 aliphatic carbocycles.